The number of aliphatic hydroxyl groups excluding tert-OH is 3. The van der Waals surface area contributed by atoms with Crippen LogP contribution in [0, 0.1) is 5.92 Å². The molecule has 0 amide bonds. The first-order valence-corrected chi connectivity index (χ1v) is 5.67. The highest BCUT2D eigenvalue weighted by Crippen LogP contribution is 1.96. The van der Waals surface area contributed by atoms with Crippen LogP contribution < -0.4 is 0 Å². The fraction of sp³-hybridized carbons (Fsp3) is 0.909. The maximum Gasteiger partial charge on any atom is 0.308 e. The third kappa shape index (κ3) is 11.6. The second-order valence-corrected chi connectivity index (χ2v) is 3.61. The molecule has 0 aliphatic carbocycles. The molecular formula is C11H25NO5. The summed E-state index contributed by atoms with van der Waals surface area (Å²) in [5.74, 6) is -0.336. The molecule has 0 fully saturated rings. The number of esters is 1. The van der Waals surface area contributed by atoms with Crippen molar-refractivity contribution in [3.63, 3.8) is 0 Å². The predicted octanol–water partition coefficient (Wildman–Crippen LogP) is -0.919. The molecule has 104 valence electrons. The van der Waals surface area contributed by atoms with E-state index in [0.29, 0.717) is 26.2 Å². The van der Waals surface area contributed by atoms with Crippen LogP contribution in [0.4, 0.5) is 0 Å². The number of ether oxygens (including phenoxy) is 1. The summed E-state index contributed by atoms with van der Waals surface area (Å²) in [7, 11) is 1.00. The quantitative estimate of drug-likeness (QED) is 0.483. The normalized spacial score (nSPS) is 10.1. The lowest BCUT2D eigenvalue weighted by Crippen LogP contribution is -2.33. The summed E-state index contributed by atoms with van der Waals surface area (Å²) in [4.78, 5) is 12.9. The molecular weight excluding hydrogens is 226 g/mol. The number of hydrogen-bond donors (Lipinski definition) is 3. The lowest BCUT2D eigenvalue weighted by Gasteiger charge is -2.19. The SMILES string of the molecule is CC(C)C(=O)OCCN(CCO)CCO.CO. The Bertz CT molecular complexity index is 169. The van der Waals surface area contributed by atoms with E-state index in [4.69, 9.17) is 20.1 Å². The van der Waals surface area contributed by atoms with Gasteiger partial charge in [-0.2, -0.15) is 0 Å². The maximum absolute atomic E-state index is 11.1. The van der Waals surface area contributed by atoms with E-state index in [1.807, 2.05) is 4.90 Å². The molecule has 0 bridgehead atoms. The third-order valence-electron chi connectivity index (χ3n) is 1.96. The van der Waals surface area contributed by atoms with Gasteiger partial charge in [0.2, 0.25) is 0 Å². The average molecular weight is 251 g/mol. The van der Waals surface area contributed by atoms with Gasteiger partial charge in [-0.15, -0.1) is 0 Å². The van der Waals surface area contributed by atoms with E-state index >= 15 is 0 Å². The molecule has 0 saturated heterocycles. The molecule has 6 nitrogen and oxygen atoms in total. The Morgan fingerprint density at radius 2 is 1.59 bits per heavy atom. The molecule has 6 heteroatoms. The molecule has 0 saturated carbocycles. The van der Waals surface area contributed by atoms with Gasteiger partial charge < -0.3 is 20.1 Å². The van der Waals surface area contributed by atoms with Crippen LogP contribution in [-0.4, -0.2) is 72.8 Å². The minimum atomic E-state index is -0.219. The molecule has 0 radical (unpaired) electrons. The lowest BCUT2D eigenvalue weighted by molar-refractivity contribution is -0.147. The van der Waals surface area contributed by atoms with Crippen LogP contribution in [0.5, 0.6) is 0 Å². The van der Waals surface area contributed by atoms with E-state index in [-0.39, 0.29) is 25.1 Å². The van der Waals surface area contributed by atoms with E-state index in [0.717, 1.165) is 7.11 Å². The molecule has 0 atom stereocenters. The second kappa shape index (κ2) is 13.4. The van der Waals surface area contributed by atoms with Crippen LogP contribution in [0.2, 0.25) is 0 Å². The van der Waals surface area contributed by atoms with Crippen molar-refractivity contribution in [3.05, 3.63) is 0 Å². The standard InChI is InChI=1S/C10H21NO4.CH4O/c1-9(2)10(14)15-8-5-11(3-6-12)4-7-13;1-2/h9,12-13H,3-8H2,1-2H3;2H,1H3. The second-order valence-electron chi connectivity index (χ2n) is 3.61. The molecule has 0 unspecified atom stereocenters. The highest BCUT2D eigenvalue weighted by atomic mass is 16.5. The maximum atomic E-state index is 11.1. The van der Waals surface area contributed by atoms with E-state index < -0.39 is 0 Å². The van der Waals surface area contributed by atoms with Gasteiger partial charge in [0.1, 0.15) is 6.61 Å². The summed E-state index contributed by atoms with van der Waals surface area (Å²) < 4.78 is 4.98. The molecule has 0 aromatic rings. The van der Waals surface area contributed by atoms with Crippen molar-refractivity contribution in [3.8, 4) is 0 Å². The van der Waals surface area contributed by atoms with Crippen LogP contribution in [0.25, 0.3) is 0 Å². The number of carbonyl (C=O) groups is 1. The molecule has 0 spiro atoms. The fourth-order valence-electron chi connectivity index (χ4n) is 1.06. The number of rotatable bonds is 8. The van der Waals surface area contributed by atoms with Crippen LogP contribution in [0.3, 0.4) is 0 Å². The predicted molar refractivity (Wildman–Crippen MR) is 64.6 cm³/mol. The first-order chi connectivity index (χ1) is 8.11. The molecule has 17 heavy (non-hydrogen) atoms. The van der Waals surface area contributed by atoms with Gasteiger partial charge in [-0.3, -0.25) is 9.69 Å². The Balaban J connectivity index is 0. The first kappa shape index (κ1) is 18.7. The average Bonchev–Trinajstić information content (AvgIpc) is 2.32. The Morgan fingerprint density at radius 1 is 1.12 bits per heavy atom. The Kier molecular flexibility index (Phi) is 14.7. The van der Waals surface area contributed by atoms with Crippen molar-refractivity contribution >= 4 is 5.97 Å². The van der Waals surface area contributed by atoms with Crippen molar-refractivity contribution in [2.75, 3.05) is 46.6 Å². The molecule has 0 rings (SSSR count). The molecule has 0 aliphatic rings. The van der Waals surface area contributed by atoms with E-state index in [2.05, 4.69) is 0 Å². The zero-order chi connectivity index (χ0) is 13.7. The van der Waals surface area contributed by atoms with Crippen molar-refractivity contribution in [2.45, 2.75) is 13.8 Å². The van der Waals surface area contributed by atoms with E-state index in [9.17, 15) is 4.79 Å². The van der Waals surface area contributed by atoms with Gasteiger partial charge in [0.15, 0.2) is 0 Å². The summed E-state index contributed by atoms with van der Waals surface area (Å²) >= 11 is 0. The molecule has 3 N–H and O–H groups in total. The molecule has 0 aliphatic heterocycles. The van der Waals surface area contributed by atoms with Gasteiger partial charge in [-0.25, -0.2) is 0 Å². The summed E-state index contributed by atoms with van der Waals surface area (Å²) in [6.45, 7) is 5.45. The van der Waals surface area contributed by atoms with Crippen molar-refractivity contribution in [1.29, 1.82) is 0 Å². The highest BCUT2D eigenvalue weighted by Gasteiger charge is 2.09. The summed E-state index contributed by atoms with van der Waals surface area (Å²) in [6, 6.07) is 0. The largest absolute Gasteiger partial charge is 0.464 e. The first-order valence-electron chi connectivity index (χ1n) is 5.67. The summed E-state index contributed by atoms with van der Waals surface area (Å²) in [5, 5.41) is 24.5. The van der Waals surface area contributed by atoms with Crippen LogP contribution in [0.15, 0.2) is 0 Å². The Hall–Kier alpha value is -0.690. The van der Waals surface area contributed by atoms with Gasteiger partial charge in [0.05, 0.1) is 19.1 Å². The van der Waals surface area contributed by atoms with Gasteiger partial charge in [0, 0.05) is 26.7 Å². The van der Waals surface area contributed by atoms with Gasteiger partial charge in [-0.1, -0.05) is 13.8 Å². The van der Waals surface area contributed by atoms with Gasteiger partial charge in [-0.05, 0) is 0 Å². The zero-order valence-electron chi connectivity index (χ0n) is 10.9. The monoisotopic (exact) mass is 251 g/mol. The molecule has 0 heterocycles. The number of nitrogens with zero attached hydrogens (tertiary/aromatic N) is 1. The zero-order valence-corrected chi connectivity index (χ0v) is 10.9. The van der Waals surface area contributed by atoms with Gasteiger partial charge >= 0.3 is 5.97 Å². The van der Waals surface area contributed by atoms with E-state index in [1.54, 1.807) is 13.8 Å². The van der Waals surface area contributed by atoms with Crippen LogP contribution >= 0.6 is 0 Å². The number of carbonyl (C=O) groups excluding carboxylic acids is 1. The van der Waals surface area contributed by atoms with Gasteiger partial charge in [0.25, 0.3) is 0 Å². The molecule has 0 aromatic carbocycles. The summed E-state index contributed by atoms with van der Waals surface area (Å²) in [6.07, 6.45) is 0. The highest BCUT2D eigenvalue weighted by molar-refractivity contribution is 5.71. The van der Waals surface area contributed by atoms with Crippen LogP contribution in [0.1, 0.15) is 13.8 Å². The number of aliphatic hydroxyl groups is 3. The Morgan fingerprint density at radius 3 is 1.94 bits per heavy atom. The Labute approximate surface area is 103 Å². The molecule has 0 aromatic heterocycles. The van der Waals surface area contributed by atoms with Crippen molar-refractivity contribution in [2.24, 2.45) is 5.92 Å². The fourth-order valence-corrected chi connectivity index (χ4v) is 1.06. The summed E-state index contributed by atoms with van der Waals surface area (Å²) in [5.41, 5.74) is 0. The van der Waals surface area contributed by atoms with Crippen LogP contribution in [-0.2, 0) is 9.53 Å². The van der Waals surface area contributed by atoms with E-state index in [1.165, 1.54) is 0 Å². The lowest BCUT2D eigenvalue weighted by atomic mass is 10.2. The van der Waals surface area contributed by atoms with Crippen molar-refractivity contribution in [1.82, 2.24) is 4.90 Å². The topological polar surface area (TPSA) is 90.2 Å². The smallest absolute Gasteiger partial charge is 0.308 e. The van der Waals surface area contributed by atoms with Crippen molar-refractivity contribution < 1.29 is 24.9 Å². The third-order valence-corrected chi connectivity index (χ3v) is 1.96. The minimum absolute atomic E-state index is 0.0398. The number of hydrogen-bond acceptors (Lipinski definition) is 6. The minimum Gasteiger partial charge on any atom is -0.464 e.